The van der Waals surface area contributed by atoms with Crippen molar-refractivity contribution in [2.75, 3.05) is 7.05 Å². The van der Waals surface area contributed by atoms with Crippen LogP contribution in [0.15, 0.2) is 15.2 Å². The van der Waals surface area contributed by atoms with E-state index in [1.807, 2.05) is 0 Å². The summed E-state index contributed by atoms with van der Waals surface area (Å²) in [5.74, 6) is -0.0305. The zero-order chi connectivity index (χ0) is 8.72. The van der Waals surface area contributed by atoms with Crippen LogP contribution < -0.4 is 0 Å². The highest BCUT2D eigenvalue weighted by Gasteiger charge is 2.25. The van der Waals surface area contributed by atoms with Crippen LogP contribution in [0.1, 0.15) is 5.56 Å². The summed E-state index contributed by atoms with van der Waals surface area (Å²) < 4.78 is 0. The third-order valence-electron chi connectivity index (χ3n) is 1.61. The number of rotatable bonds is 0. The van der Waals surface area contributed by atoms with Crippen LogP contribution in [0.5, 0.6) is 11.8 Å². The Morgan fingerprint density at radius 3 is 2.67 bits per heavy atom. The lowest BCUT2D eigenvalue weighted by Gasteiger charge is -1.88. The molecule has 0 fully saturated rings. The predicted octanol–water partition coefficient (Wildman–Crippen LogP) is 0.900. The fraction of sp³-hybridized carbons (Fsp3) is 0.167. The van der Waals surface area contributed by atoms with E-state index in [2.05, 4.69) is 20.2 Å². The summed E-state index contributed by atoms with van der Waals surface area (Å²) in [6.07, 6.45) is 0. The van der Waals surface area contributed by atoms with Gasteiger partial charge >= 0.3 is 0 Å². The van der Waals surface area contributed by atoms with Crippen LogP contribution in [0, 0.1) is 0 Å². The maximum Gasteiger partial charge on any atom is 0.220 e. The zero-order valence-electron chi connectivity index (χ0n) is 6.24. The number of aromatic nitrogens is 1. The molecule has 0 radical (unpaired) electrons. The molecule has 0 aliphatic carbocycles. The molecule has 3 N–H and O–H groups in total. The summed E-state index contributed by atoms with van der Waals surface area (Å²) in [6.45, 7) is 0. The van der Waals surface area contributed by atoms with E-state index < -0.39 is 0 Å². The lowest BCUT2D eigenvalue weighted by molar-refractivity contribution is 0.425. The first-order chi connectivity index (χ1) is 5.74. The van der Waals surface area contributed by atoms with Gasteiger partial charge in [0.2, 0.25) is 11.8 Å². The van der Waals surface area contributed by atoms with E-state index in [1.165, 1.54) is 7.05 Å². The van der Waals surface area contributed by atoms with Gasteiger partial charge in [-0.15, -0.1) is 10.2 Å². The predicted molar refractivity (Wildman–Crippen MR) is 41.1 cm³/mol. The number of fused-ring (bicyclic) bond motifs is 1. The number of H-pyrrole nitrogens is 1. The second-order valence-corrected chi connectivity index (χ2v) is 2.29. The molecule has 12 heavy (non-hydrogen) atoms. The number of nitrogens with one attached hydrogen (secondary N) is 1. The van der Waals surface area contributed by atoms with Gasteiger partial charge in [-0.3, -0.25) is 9.98 Å². The van der Waals surface area contributed by atoms with Gasteiger partial charge in [0, 0.05) is 7.05 Å². The molecule has 0 spiro atoms. The summed E-state index contributed by atoms with van der Waals surface area (Å²) >= 11 is 0. The number of hydrogen-bond donors (Lipinski definition) is 3. The van der Waals surface area contributed by atoms with Gasteiger partial charge in [0.25, 0.3) is 0 Å². The van der Waals surface area contributed by atoms with Crippen molar-refractivity contribution in [3.8, 4) is 11.8 Å². The van der Waals surface area contributed by atoms with E-state index in [9.17, 15) is 5.11 Å². The van der Waals surface area contributed by atoms with Crippen LogP contribution in [-0.2, 0) is 0 Å². The van der Waals surface area contributed by atoms with Gasteiger partial charge in [-0.25, -0.2) is 0 Å². The minimum absolute atomic E-state index is 0.159. The van der Waals surface area contributed by atoms with Crippen molar-refractivity contribution in [1.29, 1.82) is 0 Å². The molecule has 1 aromatic heterocycles. The molecule has 0 atom stereocenters. The second kappa shape index (κ2) is 2.07. The fourth-order valence-corrected chi connectivity index (χ4v) is 1.08. The Hall–Kier alpha value is -1.85. The largest absolute Gasteiger partial charge is 0.494 e. The molecule has 6 heteroatoms. The normalized spacial score (nSPS) is 17.2. The van der Waals surface area contributed by atoms with E-state index in [-0.39, 0.29) is 17.4 Å². The average Bonchev–Trinajstić information content (AvgIpc) is 2.55. The van der Waals surface area contributed by atoms with Gasteiger partial charge in [0.1, 0.15) is 5.56 Å². The summed E-state index contributed by atoms with van der Waals surface area (Å²) in [6, 6.07) is 0. The molecule has 0 bridgehead atoms. The lowest BCUT2D eigenvalue weighted by Crippen LogP contribution is -1.89. The number of hydrogen-bond acceptors (Lipinski definition) is 4. The molecule has 6 nitrogen and oxygen atoms in total. The standard InChI is InChI=1S/C6H6N4O2/c1-7-4-2-3(9-10-4)6(12)8-5(2)11/h8,11-12H,1H3. The number of azo groups is 1. The van der Waals surface area contributed by atoms with Crippen LogP contribution >= 0.6 is 0 Å². The Bertz CT molecular complexity index is 390. The Kier molecular flexibility index (Phi) is 1.18. The molecule has 2 rings (SSSR count). The number of aromatic hydroxyl groups is 2. The Morgan fingerprint density at radius 2 is 2.00 bits per heavy atom. The van der Waals surface area contributed by atoms with Gasteiger partial charge in [0.15, 0.2) is 11.5 Å². The zero-order valence-corrected chi connectivity index (χ0v) is 6.24. The lowest BCUT2D eigenvalue weighted by atomic mass is 10.3. The van der Waals surface area contributed by atoms with Gasteiger partial charge < -0.3 is 10.2 Å². The van der Waals surface area contributed by atoms with Crippen molar-refractivity contribution < 1.29 is 10.2 Å². The summed E-state index contributed by atoms with van der Waals surface area (Å²) in [4.78, 5) is 6.09. The topological polar surface area (TPSA) is 93.3 Å². The summed E-state index contributed by atoms with van der Waals surface area (Å²) in [5.41, 5.74) is 0.600. The molecule has 1 aliphatic rings. The van der Waals surface area contributed by atoms with E-state index >= 15 is 0 Å². The molecule has 0 unspecified atom stereocenters. The maximum atomic E-state index is 9.24. The number of aliphatic imine (C=N–C) groups is 1. The SMILES string of the molecule is CN=C1N=Nc2c(O)[nH]c(O)c21. The highest BCUT2D eigenvalue weighted by atomic mass is 16.3. The molecule has 1 aromatic rings. The van der Waals surface area contributed by atoms with Crippen molar-refractivity contribution in [1.82, 2.24) is 4.98 Å². The molecular formula is C6H6N4O2. The first-order valence-electron chi connectivity index (χ1n) is 3.27. The summed E-state index contributed by atoms with van der Waals surface area (Å²) in [5, 5.41) is 25.6. The molecule has 0 aromatic carbocycles. The van der Waals surface area contributed by atoms with Gasteiger partial charge in [0.05, 0.1) is 0 Å². The van der Waals surface area contributed by atoms with Crippen LogP contribution in [0.25, 0.3) is 0 Å². The van der Waals surface area contributed by atoms with Gasteiger partial charge in [-0.1, -0.05) is 0 Å². The number of nitrogens with zero attached hydrogens (tertiary/aromatic N) is 3. The average molecular weight is 166 g/mol. The first-order valence-corrected chi connectivity index (χ1v) is 3.27. The molecular weight excluding hydrogens is 160 g/mol. The molecule has 0 saturated heterocycles. The van der Waals surface area contributed by atoms with Crippen LogP contribution in [-0.4, -0.2) is 28.1 Å². The summed E-state index contributed by atoms with van der Waals surface area (Å²) in [7, 11) is 1.53. The van der Waals surface area contributed by atoms with Crippen LogP contribution in [0.4, 0.5) is 5.69 Å². The van der Waals surface area contributed by atoms with E-state index in [4.69, 9.17) is 5.11 Å². The second-order valence-electron chi connectivity index (χ2n) is 2.29. The van der Waals surface area contributed by atoms with E-state index in [0.717, 1.165) is 0 Å². The third kappa shape index (κ3) is 0.659. The van der Waals surface area contributed by atoms with Crippen LogP contribution in [0.3, 0.4) is 0 Å². The number of aromatic amines is 1. The molecule has 0 saturated carbocycles. The third-order valence-corrected chi connectivity index (χ3v) is 1.61. The minimum Gasteiger partial charge on any atom is -0.494 e. The minimum atomic E-state index is -0.190. The van der Waals surface area contributed by atoms with Gasteiger partial charge in [-0.2, -0.15) is 0 Å². The highest BCUT2D eigenvalue weighted by molar-refractivity contribution is 6.08. The quantitative estimate of drug-likeness (QED) is 0.534. The van der Waals surface area contributed by atoms with Crippen molar-refractivity contribution in [3.63, 3.8) is 0 Å². The monoisotopic (exact) mass is 166 g/mol. The molecule has 0 amide bonds. The van der Waals surface area contributed by atoms with E-state index in [1.54, 1.807) is 0 Å². The number of amidine groups is 1. The molecule has 62 valence electrons. The Morgan fingerprint density at radius 1 is 1.25 bits per heavy atom. The van der Waals surface area contributed by atoms with Crippen molar-refractivity contribution in [2.45, 2.75) is 0 Å². The fourth-order valence-electron chi connectivity index (χ4n) is 1.08. The molecule has 2 heterocycles. The van der Waals surface area contributed by atoms with Gasteiger partial charge in [-0.05, 0) is 0 Å². The van der Waals surface area contributed by atoms with Crippen molar-refractivity contribution >= 4 is 11.5 Å². The smallest absolute Gasteiger partial charge is 0.220 e. The first kappa shape index (κ1) is 6.84. The van der Waals surface area contributed by atoms with Crippen molar-refractivity contribution in [2.24, 2.45) is 15.2 Å². The van der Waals surface area contributed by atoms with Crippen molar-refractivity contribution in [3.05, 3.63) is 5.56 Å². The van der Waals surface area contributed by atoms with Crippen LogP contribution in [0.2, 0.25) is 0 Å². The maximum absolute atomic E-state index is 9.24. The van der Waals surface area contributed by atoms with E-state index in [0.29, 0.717) is 11.4 Å². The Balaban J connectivity index is 2.72. The molecule has 1 aliphatic heterocycles. The highest BCUT2D eigenvalue weighted by Crippen LogP contribution is 2.41. The Labute approximate surface area is 67.3 Å².